The molecule has 1 aromatic carbocycles. The Bertz CT molecular complexity index is 888. The molecule has 0 saturated heterocycles. The third-order valence-electron chi connectivity index (χ3n) is 6.52. The number of rotatable bonds is 9. The van der Waals surface area contributed by atoms with Crippen LogP contribution >= 0.6 is 11.3 Å². The fraction of sp³-hybridized carbons (Fsp3) is 0.538. The molecule has 3 rings (SSSR count). The number of carbonyl (C=O) groups excluding carboxylic acids is 2. The van der Waals surface area contributed by atoms with E-state index in [1.54, 1.807) is 0 Å². The standard InChI is InChI=1S/C26H36N2O3S/c1-5-27(3)16-9-17-28(25(29)21-14-12-19(2)13-15-21)22-18-23(20-10-7-6-8-11-20)32-24(22)26(30)31-4/h6-8,10-11,18-19,21H,5,9,12-17H2,1-4H3. The van der Waals surface area contributed by atoms with Gasteiger partial charge in [-0.15, -0.1) is 11.3 Å². The van der Waals surface area contributed by atoms with Crippen LogP contribution < -0.4 is 4.90 Å². The van der Waals surface area contributed by atoms with Gasteiger partial charge in [-0.05, 0) is 69.8 Å². The number of anilines is 1. The zero-order valence-corrected chi connectivity index (χ0v) is 20.6. The lowest BCUT2D eigenvalue weighted by atomic mass is 9.82. The van der Waals surface area contributed by atoms with Crippen LogP contribution in [0.2, 0.25) is 0 Å². The van der Waals surface area contributed by atoms with Crippen molar-refractivity contribution >= 4 is 28.9 Å². The zero-order chi connectivity index (χ0) is 23.1. The summed E-state index contributed by atoms with van der Waals surface area (Å²) < 4.78 is 5.10. The van der Waals surface area contributed by atoms with E-state index in [1.165, 1.54) is 18.4 Å². The number of benzene rings is 1. The van der Waals surface area contributed by atoms with Gasteiger partial charge in [0.2, 0.25) is 5.91 Å². The van der Waals surface area contributed by atoms with Crippen molar-refractivity contribution < 1.29 is 14.3 Å². The van der Waals surface area contributed by atoms with Gasteiger partial charge in [-0.1, -0.05) is 44.2 Å². The normalized spacial score (nSPS) is 18.5. The van der Waals surface area contributed by atoms with E-state index in [0.29, 0.717) is 23.0 Å². The molecule has 5 nitrogen and oxygen atoms in total. The zero-order valence-electron chi connectivity index (χ0n) is 19.8. The highest BCUT2D eigenvalue weighted by molar-refractivity contribution is 7.18. The van der Waals surface area contributed by atoms with Crippen LogP contribution in [-0.2, 0) is 9.53 Å². The summed E-state index contributed by atoms with van der Waals surface area (Å²) in [6.07, 6.45) is 4.89. The van der Waals surface area contributed by atoms with Crippen molar-refractivity contribution in [2.45, 2.75) is 46.0 Å². The van der Waals surface area contributed by atoms with E-state index in [1.807, 2.05) is 41.3 Å². The van der Waals surface area contributed by atoms with E-state index in [-0.39, 0.29) is 17.8 Å². The largest absolute Gasteiger partial charge is 0.465 e. The van der Waals surface area contributed by atoms with Crippen molar-refractivity contribution in [2.75, 3.05) is 38.7 Å². The molecule has 0 radical (unpaired) electrons. The smallest absolute Gasteiger partial charge is 0.350 e. The molecule has 0 spiro atoms. The van der Waals surface area contributed by atoms with Gasteiger partial charge in [0.1, 0.15) is 4.88 Å². The van der Waals surface area contributed by atoms with Crippen molar-refractivity contribution in [1.82, 2.24) is 4.90 Å². The molecule has 0 N–H and O–H groups in total. The lowest BCUT2D eigenvalue weighted by Gasteiger charge is -2.31. The maximum Gasteiger partial charge on any atom is 0.350 e. The second-order valence-corrected chi connectivity index (χ2v) is 9.93. The highest BCUT2D eigenvalue weighted by atomic mass is 32.1. The topological polar surface area (TPSA) is 49.9 Å². The van der Waals surface area contributed by atoms with Crippen LogP contribution in [0.25, 0.3) is 10.4 Å². The number of nitrogens with zero attached hydrogens (tertiary/aromatic N) is 2. The van der Waals surface area contributed by atoms with E-state index >= 15 is 0 Å². The van der Waals surface area contributed by atoms with Crippen LogP contribution in [-0.4, -0.2) is 50.6 Å². The van der Waals surface area contributed by atoms with E-state index in [2.05, 4.69) is 25.8 Å². The van der Waals surface area contributed by atoms with Gasteiger partial charge in [0.25, 0.3) is 0 Å². The van der Waals surface area contributed by atoms with Crippen molar-refractivity contribution in [3.63, 3.8) is 0 Å². The van der Waals surface area contributed by atoms with E-state index < -0.39 is 0 Å². The Morgan fingerprint density at radius 2 is 1.78 bits per heavy atom. The molecule has 0 bridgehead atoms. The summed E-state index contributed by atoms with van der Waals surface area (Å²) in [5, 5.41) is 0. The molecule has 1 aromatic heterocycles. The molecular formula is C26H36N2O3S. The van der Waals surface area contributed by atoms with Crippen molar-refractivity contribution in [3.05, 3.63) is 41.3 Å². The molecule has 174 valence electrons. The monoisotopic (exact) mass is 456 g/mol. The lowest BCUT2D eigenvalue weighted by Crippen LogP contribution is -2.39. The van der Waals surface area contributed by atoms with E-state index in [4.69, 9.17) is 4.74 Å². The Morgan fingerprint density at radius 3 is 2.41 bits per heavy atom. The number of hydrogen-bond acceptors (Lipinski definition) is 5. The first kappa shape index (κ1) is 24.5. The Balaban J connectivity index is 1.95. The Hall–Kier alpha value is -2.18. The highest BCUT2D eigenvalue weighted by Crippen LogP contribution is 2.39. The second-order valence-electron chi connectivity index (χ2n) is 8.88. The molecule has 1 amide bonds. The van der Waals surface area contributed by atoms with Gasteiger partial charge in [-0.2, -0.15) is 0 Å². The number of thiophene rings is 1. The molecule has 0 atom stereocenters. The van der Waals surface area contributed by atoms with Crippen molar-refractivity contribution in [2.24, 2.45) is 11.8 Å². The maximum atomic E-state index is 13.7. The predicted octanol–water partition coefficient (Wildman–Crippen LogP) is 5.70. The number of methoxy groups -OCH3 is 1. The third kappa shape index (κ3) is 5.99. The quantitative estimate of drug-likeness (QED) is 0.454. The molecule has 1 heterocycles. The van der Waals surface area contributed by atoms with E-state index in [9.17, 15) is 9.59 Å². The summed E-state index contributed by atoms with van der Waals surface area (Å²) in [6, 6.07) is 12.0. The molecule has 0 aliphatic heterocycles. The molecule has 0 unspecified atom stereocenters. The summed E-state index contributed by atoms with van der Waals surface area (Å²) in [4.78, 5) is 32.0. The number of esters is 1. The van der Waals surface area contributed by atoms with Crippen LogP contribution in [0.3, 0.4) is 0 Å². The maximum absolute atomic E-state index is 13.7. The highest BCUT2D eigenvalue weighted by Gasteiger charge is 2.32. The fourth-order valence-electron chi connectivity index (χ4n) is 4.30. The number of carbonyl (C=O) groups is 2. The van der Waals surface area contributed by atoms with Crippen LogP contribution in [0.1, 0.15) is 55.6 Å². The molecular weight excluding hydrogens is 420 g/mol. The predicted molar refractivity (Wildman–Crippen MR) is 132 cm³/mol. The molecule has 1 aliphatic carbocycles. The SMILES string of the molecule is CCN(C)CCCN(C(=O)C1CCC(C)CC1)c1cc(-c2ccccc2)sc1C(=O)OC. The van der Waals surface area contributed by atoms with Gasteiger partial charge in [-0.3, -0.25) is 4.79 Å². The van der Waals surface area contributed by atoms with Gasteiger partial charge >= 0.3 is 5.97 Å². The first-order valence-corrected chi connectivity index (χ1v) is 12.5. The summed E-state index contributed by atoms with van der Waals surface area (Å²) >= 11 is 1.40. The summed E-state index contributed by atoms with van der Waals surface area (Å²) in [5.41, 5.74) is 1.74. The van der Waals surface area contributed by atoms with Crippen LogP contribution in [0.15, 0.2) is 36.4 Å². The number of amides is 1. The molecule has 32 heavy (non-hydrogen) atoms. The minimum absolute atomic E-state index is 0.0284. The van der Waals surface area contributed by atoms with E-state index in [0.717, 1.165) is 55.6 Å². The molecule has 1 fully saturated rings. The van der Waals surface area contributed by atoms with Crippen LogP contribution in [0.5, 0.6) is 0 Å². The molecule has 1 aliphatic rings. The fourth-order valence-corrected chi connectivity index (χ4v) is 5.38. The second kappa shape index (κ2) is 11.6. The van der Waals surface area contributed by atoms with Gasteiger partial charge in [0.05, 0.1) is 12.8 Å². The first-order valence-electron chi connectivity index (χ1n) is 11.7. The summed E-state index contributed by atoms with van der Waals surface area (Å²) in [6.45, 7) is 6.87. The minimum Gasteiger partial charge on any atom is -0.465 e. The Kier molecular flexibility index (Phi) is 8.88. The molecule has 1 saturated carbocycles. The third-order valence-corrected chi connectivity index (χ3v) is 7.68. The van der Waals surface area contributed by atoms with Gasteiger partial charge in [-0.25, -0.2) is 4.79 Å². The molecule has 6 heteroatoms. The van der Waals surface area contributed by atoms with Crippen LogP contribution in [0.4, 0.5) is 5.69 Å². The first-order chi connectivity index (χ1) is 15.4. The average molecular weight is 457 g/mol. The number of hydrogen-bond donors (Lipinski definition) is 0. The minimum atomic E-state index is -0.382. The summed E-state index contributed by atoms with van der Waals surface area (Å²) in [5.74, 6) is 0.481. The van der Waals surface area contributed by atoms with Gasteiger partial charge in [0.15, 0.2) is 0 Å². The Labute approximate surface area is 196 Å². The Morgan fingerprint density at radius 1 is 1.09 bits per heavy atom. The average Bonchev–Trinajstić information content (AvgIpc) is 3.27. The van der Waals surface area contributed by atoms with Crippen molar-refractivity contribution in [1.29, 1.82) is 0 Å². The van der Waals surface area contributed by atoms with Gasteiger partial charge in [0, 0.05) is 17.3 Å². The molecule has 2 aromatic rings. The number of ether oxygens (including phenoxy) is 1. The summed E-state index contributed by atoms with van der Waals surface area (Å²) in [7, 11) is 3.49. The van der Waals surface area contributed by atoms with Crippen LogP contribution in [0, 0.1) is 11.8 Å². The van der Waals surface area contributed by atoms with Gasteiger partial charge < -0.3 is 14.5 Å². The lowest BCUT2D eigenvalue weighted by molar-refractivity contribution is -0.123. The van der Waals surface area contributed by atoms with Crippen molar-refractivity contribution in [3.8, 4) is 10.4 Å².